The van der Waals surface area contributed by atoms with Crippen molar-refractivity contribution in [1.29, 1.82) is 0 Å². The number of hydrogen-bond donors (Lipinski definition) is 1. The molecule has 0 spiro atoms. The molecule has 0 aliphatic carbocycles. The molecule has 1 N–H and O–H groups in total. The number of quaternary nitrogens is 1. The van der Waals surface area contributed by atoms with Crippen molar-refractivity contribution in [2.45, 2.75) is 148 Å². The van der Waals surface area contributed by atoms with E-state index in [0.717, 1.165) is 64.2 Å². The monoisotopic (exact) mass is 846 g/mol. The molecule has 10 nitrogen and oxygen atoms in total. The molecule has 0 aromatic rings. The Morgan fingerprint density at radius 1 is 0.610 bits per heavy atom. The highest BCUT2D eigenvalue weighted by atomic mass is 31.2. The van der Waals surface area contributed by atoms with Crippen molar-refractivity contribution in [2.24, 2.45) is 0 Å². The van der Waals surface area contributed by atoms with Crippen molar-refractivity contribution < 1.29 is 47.2 Å². The van der Waals surface area contributed by atoms with Crippen LogP contribution in [0.1, 0.15) is 136 Å². The van der Waals surface area contributed by atoms with Gasteiger partial charge in [0.25, 0.3) is 7.82 Å². The van der Waals surface area contributed by atoms with Crippen LogP contribution < -0.4 is 4.89 Å². The van der Waals surface area contributed by atoms with Crippen LogP contribution in [-0.2, 0) is 32.7 Å². The van der Waals surface area contributed by atoms with Gasteiger partial charge in [-0.3, -0.25) is 14.2 Å². The van der Waals surface area contributed by atoms with E-state index in [2.05, 4.69) is 80.7 Å². The van der Waals surface area contributed by atoms with Crippen molar-refractivity contribution in [3.63, 3.8) is 0 Å². The van der Waals surface area contributed by atoms with Gasteiger partial charge in [0.05, 0.1) is 33.9 Å². The molecule has 0 aromatic carbocycles. The first-order chi connectivity index (χ1) is 28.4. The number of allylic oxidation sites excluding steroid dienone is 15. The first kappa shape index (κ1) is 55.9. The zero-order valence-corrected chi connectivity index (χ0v) is 38.2. The fourth-order valence-corrected chi connectivity index (χ4v) is 5.86. The maximum Gasteiger partial charge on any atom is 0.306 e. The largest absolute Gasteiger partial charge is 0.756 e. The third kappa shape index (κ3) is 42.8. The molecule has 0 saturated carbocycles. The molecule has 0 aliphatic heterocycles. The van der Waals surface area contributed by atoms with Crippen LogP contribution in [-0.4, -0.2) is 81.2 Å². The lowest BCUT2D eigenvalue weighted by molar-refractivity contribution is -0.870. The maximum absolute atomic E-state index is 12.7. The summed E-state index contributed by atoms with van der Waals surface area (Å²) in [4.78, 5) is 37.5. The first-order valence-electron chi connectivity index (χ1n) is 22.0. The van der Waals surface area contributed by atoms with Crippen molar-refractivity contribution >= 4 is 19.8 Å². The Bertz CT molecular complexity index is 1340. The molecule has 0 rings (SSSR count). The summed E-state index contributed by atoms with van der Waals surface area (Å²) < 4.78 is 33.7. The summed E-state index contributed by atoms with van der Waals surface area (Å²) in [7, 11) is 1.06. The molecule has 0 aromatic heterocycles. The summed E-state index contributed by atoms with van der Waals surface area (Å²) in [5, 5.41) is 9.83. The second-order valence-electron chi connectivity index (χ2n) is 15.5. The minimum absolute atomic E-state index is 0.0624. The number of hydrogen-bond acceptors (Lipinski definition) is 9. The molecular weight excluding hydrogens is 765 g/mol. The fraction of sp³-hybridized carbons (Fsp3) is 0.625. The number of carbonyl (C=O) groups is 2. The van der Waals surface area contributed by atoms with Crippen LogP contribution in [0.25, 0.3) is 0 Å². The Balaban J connectivity index is 4.60. The van der Waals surface area contributed by atoms with Gasteiger partial charge in [-0.2, -0.15) is 0 Å². The number of esters is 2. The number of aliphatic hydroxyl groups excluding tert-OH is 1. The molecular formula is C48H80NO9P. The van der Waals surface area contributed by atoms with Crippen molar-refractivity contribution in [1.82, 2.24) is 0 Å². The van der Waals surface area contributed by atoms with E-state index in [9.17, 15) is 24.2 Å². The van der Waals surface area contributed by atoms with E-state index < -0.39 is 32.5 Å². The molecule has 0 radical (unpaired) electrons. The number of phosphoric ester groups is 1. The van der Waals surface area contributed by atoms with Gasteiger partial charge in [0.15, 0.2) is 6.10 Å². The molecule has 59 heavy (non-hydrogen) atoms. The number of phosphoric acid groups is 1. The number of rotatable bonds is 38. The van der Waals surface area contributed by atoms with Gasteiger partial charge < -0.3 is 33.0 Å². The minimum Gasteiger partial charge on any atom is -0.756 e. The van der Waals surface area contributed by atoms with Crippen LogP contribution in [0.3, 0.4) is 0 Å². The predicted molar refractivity (Wildman–Crippen MR) is 241 cm³/mol. The number of ether oxygens (including phenoxy) is 2. The van der Waals surface area contributed by atoms with E-state index >= 15 is 0 Å². The lowest BCUT2D eigenvalue weighted by Crippen LogP contribution is -2.37. The SMILES string of the molecule is CCCCC/C=C\C/C=C\C/C=C\C/C=C\CCCC(=O)OC[C@H](COP(=O)([O-])OCC[N+](C)(C)C)OC(=O)CCC/C=C\C/C=C\C/C=C\C/C=C\[C@H](O)CCCC. The number of unbranched alkanes of at least 4 members (excludes halogenated alkanes) is 6. The van der Waals surface area contributed by atoms with Crippen molar-refractivity contribution in [3.8, 4) is 0 Å². The van der Waals surface area contributed by atoms with E-state index in [1.807, 2.05) is 51.5 Å². The van der Waals surface area contributed by atoms with Crippen LogP contribution in [0.2, 0.25) is 0 Å². The summed E-state index contributed by atoms with van der Waals surface area (Å²) in [5.74, 6) is -1.00. The second-order valence-corrected chi connectivity index (χ2v) is 16.9. The highest BCUT2D eigenvalue weighted by Crippen LogP contribution is 2.38. The molecule has 336 valence electrons. The van der Waals surface area contributed by atoms with E-state index in [0.29, 0.717) is 36.7 Å². The van der Waals surface area contributed by atoms with Crippen LogP contribution in [0, 0.1) is 0 Å². The van der Waals surface area contributed by atoms with Gasteiger partial charge in [-0.25, -0.2) is 0 Å². The normalized spacial score (nSPS) is 15.0. The van der Waals surface area contributed by atoms with E-state index in [-0.39, 0.29) is 32.2 Å². The maximum atomic E-state index is 12.7. The molecule has 0 heterocycles. The average molecular weight is 846 g/mol. The van der Waals surface area contributed by atoms with Crippen LogP contribution >= 0.6 is 7.82 Å². The molecule has 0 aliphatic rings. The van der Waals surface area contributed by atoms with Gasteiger partial charge in [0.2, 0.25) is 0 Å². The van der Waals surface area contributed by atoms with E-state index in [1.165, 1.54) is 19.3 Å². The van der Waals surface area contributed by atoms with Gasteiger partial charge in [-0.15, -0.1) is 0 Å². The van der Waals surface area contributed by atoms with Gasteiger partial charge in [-0.1, -0.05) is 137 Å². The van der Waals surface area contributed by atoms with Gasteiger partial charge in [0.1, 0.15) is 19.8 Å². The summed E-state index contributed by atoms with van der Waals surface area (Å²) in [6, 6.07) is 0. The zero-order valence-electron chi connectivity index (χ0n) is 37.3. The Hall–Kier alpha value is -3.11. The Morgan fingerprint density at radius 3 is 1.56 bits per heavy atom. The van der Waals surface area contributed by atoms with Crippen LogP contribution in [0.5, 0.6) is 0 Å². The second kappa shape index (κ2) is 39.1. The Labute approximate surface area is 358 Å². The number of nitrogens with zero attached hydrogens (tertiary/aromatic N) is 1. The number of carbonyl (C=O) groups excluding carboxylic acids is 2. The molecule has 0 amide bonds. The third-order valence-corrected chi connectivity index (χ3v) is 9.61. The Kier molecular flexibility index (Phi) is 37.0. The zero-order chi connectivity index (χ0) is 43.7. The third-order valence-electron chi connectivity index (χ3n) is 8.65. The first-order valence-corrected chi connectivity index (χ1v) is 23.5. The lowest BCUT2D eigenvalue weighted by Gasteiger charge is -2.28. The molecule has 0 saturated heterocycles. The molecule has 3 atom stereocenters. The van der Waals surface area contributed by atoms with Gasteiger partial charge in [0, 0.05) is 12.8 Å². The molecule has 0 fully saturated rings. The summed E-state index contributed by atoms with van der Waals surface area (Å²) in [6.45, 7) is 3.87. The molecule has 0 bridgehead atoms. The quantitative estimate of drug-likeness (QED) is 0.0212. The van der Waals surface area contributed by atoms with Crippen LogP contribution in [0.15, 0.2) is 97.2 Å². The minimum atomic E-state index is -4.67. The summed E-state index contributed by atoms with van der Waals surface area (Å²) in [6.07, 6.45) is 47.8. The smallest absolute Gasteiger partial charge is 0.306 e. The lowest BCUT2D eigenvalue weighted by atomic mass is 10.1. The topological polar surface area (TPSA) is 131 Å². The molecule has 11 heteroatoms. The standard InChI is InChI=1S/C48H80NO9P/c1-6-8-10-11-12-13-14-15-16-17-18-19-23-26-29-32-35-39-47(51)55-43-46(44-57-59(53,54)56-42-41-49(3,4)5)58-48(52)40-36-33-30-27-24-21-20-22-25-28-31-34-38-45(50)37-9-7-2/h12-13,15-16,18-21,25-30,34,38,45-46,50H,6-11,14,17,22-24,31-33,35-37,39-44H2,1-5H3/b13-12-,16-15-,19-18-,21-20-,28-25-,29-26-,30-27-,38-34-/t45-,46-/m1/s1. The average Bonchev–Trinajstić information content (AvgIpc) is 3.18. The highest BCUT2D eigenvalue weighted by molar-refractivity contribution is 7.45. The van der Waals surface area contributed by atoms with Crippen LogP contribution in [0.4, 0.5) is 0 Å². The number of aliphatic hydroxyl groups is 1. The van der Waals surface area contributed by atoms with Crippen molar-refractivity contribution in [3.05, 3.63) is 97.2 Å². The van der Waals surface area contributed by atoms with Gasteiger partial charge >= 0.3 is 11.9 Å². The molecule has 1 unspecified atom stereocenters. The summed E-state index contributed by atoms with van der Waals surface area (Å²) in [5.41, 5.74) is 0. The fourth-order valence-electron chi connectivity index (χ4n) is 5.13. The summed E-state index contributed by atoms with van der Waals surface area (Å²) >= 11 is 0. The van der Waals surface area contributed by atoms with E-state index in [4.69, 9.17) is 18.5 Å². The van der Waals surface area contributed by atoms with Gasteiger partial charge in [-0.05, 0) is 83.5 Å². The van der Waals surface area contributed by atoms with Crippen molar-refractivity contribution in [2.75, 3.05) is 47.5 Å². The highest BCUT2D eigenvalue weighted by Gasteiger charge is 2.21. The Morgan fingerprint density at radius 2 is 1.07 bits per heavy atom. The van der Waals surface area contributed by atoms with E-state index in [1.54, 1.807) is 0 Å². The predicted octanol–water partition coefficient (Wildman–Crippen LogP) is 10.9. The number of likely N-dealkylation sites (N-methyl/N-ethyl adjacent to an activating group) is 1.